The molecule has 0 aromatic heterocycles. The summed E-state index contributed by atoms with van der Waals surface area (Å²) in [5.41, 5.74) is 0. The van der Waals surface area contributed by atoms with Gasteiger partial charge >= 0.3 is 0 Å². The lowest BCUT2D eigenvalue weighted by atomic mass is 10.1. The van der Waals surface area contributed by atoms with Gasteiger partial charge in [0.1, 0.15) is 6.07 Å². The Labute approximate surface area is 102 Å². The lowest BCUT2D eigenvalue weighted by Crippen LogP contribution is -2.12. The Hall–Kier alpha value is -0.270. The fourth-order valence-corrected chi connectivity index (χ4v) is 1.58. The number of thiocarbonyl (C=S) groups is 1. The van der Waals surface area contributed by atoms with Crippen LogP contribution in [0.15, 0.2) is 0 Å². The van der Waals surface area contributed by atoms with E-state index in [0.29, 0.717) is 4.38 Å². The second-order valence-corrected chi connectivity index (χ2v) is 4.80. The average Bonchev–Trinajstić information content (AvgIpc) is 2.26. The zero-order chi connectivity index (χ0) is 11.5. The Bertz CT molecular complexity index is 213. The van der Waals surface area contributed by atoms with E-state index in [-0.39, 0.29) is 6.10 Å². The summed E-state index contributed by atoms with van der Waals surface area (Å²) >= 11 is 6.28. The summed E-state index contributed by atoms with van der Waals surface area (Å²) in [5.74, 6) is 0. The second kappa shape index (κ2) is 10.3. The molecular weight excluding hydrogens is 226 g/mol. The van der Waals surface area contributed by atoms with Crippen molar-refractivity contribution >= 4 is 28.4 Å². The number of hydrogen-bond donors (Lipinski definition) is 0. The van der Waals surface area contributed by atoms with Gasteiger partial charge in [-0.15, -0.1) is 0 Å². The smallest absolute Gasteiger partial charge is 0.221 e. The average molecular weight is 245 g/mol. The molecule has 0 radical (unpaired) electrons. The highest BCUT2D eigenvalue weighted by atomic mass is 32.2. The normalized spacial score (nSPS) is 11.8. The molecule has 0 rings (SSSR count). The van der Waals surface area contributed by atoms with E-state index in [1.165, 1.54) is 37.4 Å². The van der Waals surface area contributed by atoms with E-state index < -0.39 is 0 Å². The number of rotatable bonds is 7. The van der Waals surface area contributed by atoms with E-state index in [9.17, 15) is 0 Å². The van der Waals surface area contributed by atoms with Gasteiger partial charge in [0.25, 0.3) is 0 Å². The van der Waals surface area contributed by atoms with Gasteiger partial charge in [0.2, 0.25) is 4.38 Å². The Morgan fingerprint density at radius 3 is 2.60 bits per heavy atom. The van der Waals surface area contributed by atoms with Crippen LogP contribution in [-0.2, 0) is 4.74 Å². The van der Waals surface area contributed by atoms with Crippen LogP contribution in [0.5, 0.6) is 0 Å². The number of unbranched alkanes of at least 4 members (excludes halogenated alkanes) is 4. The predicted molar refractivity (Wildman–Crippen MR) is 70.0 cm³/mol. The van der Waals surface area contributed by atoms with E-state index in [2.05, 4.69) is 13.0 Å². The molecule has 0 heterocycles. The molecule has 0 fully saturated rings. The summed E-state index contributed by atoms with van der Waals surface area (Å²) in [6, 6.07) is 2.14. The first-order valence-corrected chi connectivity index (χ1v) is 7.02. The van der Waals surface area contributed by atoms with E-state index in [1.807, 2.05) is 6.26 Å². The van der Waals surface area contributed by atoms with E-state index >= 15 is 0 Å². The van der Waals surface area contributed by atoms with Crippen molar-refractivity contribution in [1.82, 2.24) is 0 Å². The molecule has 0 aliphatic carbocycles. The maximum atomic E-state index is 8.83. The first kappa shape index (κ1) is 14.7. The van der Waals surface area contributed by atoms with Crippen molar-refractivity contribution in [2.24, 2.45) is 0 Å². The van der Waals surface area contributed by atoms with Gasteiger partial charge in [0.15, 0.2) is 6.10 Å². The molecule has 0 bridgehead atoms. The lowest BCUT2D eigenvalue weighted by molar-refractivity contribution is 0.240. The minimum absolute atomic E-state index is 0.355. The highest BCUT2D eigenvalue weighted by molar-refractivity contribution is 8.22. The summed E-state index contributed by atoms with van der Waals surface area (Å²) < 4.78 is 5.76. The van der Waals surface area contributed by atoms with Crippen LogP contribution in [0, 0.1) is 11.3 Å². The maximum absolute atomic E-state index is 8.83. The number of thioether (sulfide) groups is 1. The summed E-state index contributed by atoms with van der Waals surface area (Å²) in [6.45, 7) is 2.19. The Kier molecular flexibility index (Phi) is 10.1. The van der Waals surface area contributed by atoms with Gasteiger partial charge in [-0.1, -0.05) is 44.4 Å². The number of nitriles is 1. The van der Waals surface area contributed by atoms with Crippen molar-refractivity contribution < 1.29 is 4.74 Å². The molecule has 0 saturated carbocycles. The Balaban J connectivity index is 3.54. The molecule has 0 aliphatic heterocycles. The summed E-state index contributed by atoms with van der Waals surface area (Å²) in [6.07, 6.45) is 8.30. The Morgan fingerprint density at radius 2 is 2.07 bits per heavy atom. The van der Waals surface area contributed by atoms with Gasteiger partial charge in [-0.3, -0.25) is 0 Å². The third kappa shape index (κ3) is 8.71. The quantitative estimate of drug-likeness (QED) is 0.503. The van der Waals surface area contributed by atoms with Crippen molar-refractivity contribution in [2.75, 3.05) is 6.26 Å². The zero-order valence-corrected chi connectivity index (χ0v) is 11.1. The predicted octanol–water partition coefficient (Wildman–Crippen LogP) is 3.90. The van der Waals surface area contributed by atoms with Gasteiger partial charge in [-0.25, -0.2) is 0 Å². The van der Waals surface area contributed by atoms with E-state index in [4.69, 9.17) is 22.2 Å². The van der Waals surface area contributed by atoms with Gasteiger partial charge in [0.05, 0.1) is 0 Å². The minimum Gasteiger partial charge on any atom is -0.460 e. The molecule has 0 saturated heterocycles. The zero-order valence-electron chi connectivity index (χ0n) is 9.49. The SMILES string of the molecule is CCCCCCCC(C#N)OC(=S)SC. The minimum atomic E-state index is -0.355. The van der Waals surface area contributed by atoms with Crippen LogP contribution in [0.3, 0.4) is 0 Å². The molecule has 0 amide bonds. The first-order chi connectivity index (χ1) is 7.24. The Morgan fingerprint density at radius 1 is 1.40 bits per heavy atom. The van der Waals surface area contributed by atoms with Crippen molar-refractivity contribution in [3.05, 3.63) is 0 Å². The highest BCUT2D eigenvalue weighted by Crippen LogP contribution is 2.11. The molecule has 0 aromatic rings. The van der Waals surface area contributed by atoms with Gasteiger partial charge in [-0.05, 0) is 31.3 Å². The van der Waals surface area contributed by atoms with E-state index in [0.717, 1.165) is 12.8 Å². The molecule has 0 spiro atoms. The molecule has 0 aliphatic rings. The largest absolute Gasteiger partial charge is 0.460 e. The van der Waals surface area contributed by atoms with Crippen LogP contribution in [0.2, 0.25) is 0 Å². The van der Waals surface area contributed by atoms with Crippen LogP contribution in [0.1, 0.15) is 45.4 Å². The van der Waals surface area contributed by atoms with Crippen molar-refractivity contribution in [3.63, 3.8) is 0 Å². The lowest BCUT2D eigenvalue weighted by Gasteiger charge is -2.11. The van der Waals surface area contributed by atoms with Crippen LogP contribution < -0.4 is 0 Å². The van der Waals surface area contributed by atoms with Gasteiger partial charge in [-0.2, -0.15) is 5.26 Å². The van der Waals surface area contributed by atoms with Crippen LogP contribution in [0.25, 0.3) is 0 Å². The van der Waals surface area contributed by atoms with Crippen molar-refractivity contribution in [2.45, 2.75) is 51.6 Å². The van der Waals surface area contributed by atoms with E-state index in [1.54, 1.807) is 0 Å². The maximum Gasteiger partial charge on any atom is 0.221 e. The molecule has 0 N–H and O–H groups in total. The summed E-state index contributed by atoms with van der Waals surface area (Å²) in [4.78, 5) is 0. The summed E-state index contributed by atoms with van der Waals surface area (Å²) in [7, 11) is 0. The van der Waals surface area contributed by atoms with Crippen molar-refractivity contribution in [1.29, 1.82) is 5.26 Å². The molecule has 86 valence electrons. The fraction of sp³-hybridized carbons (Fsp3) is 0.818. The summed E-state index contributed by atoms with van der Waals surface area (Å²) in [5, 5.41) is 8.83. The van der Waals surface area contributed by atoms with Crippen LogP contribution in [-0.4, -0.2) is 16.7 Å². The molecular formula is C11H19NOS2. The van der Waals surface area contributed by atoms with Crippen LogP contribution in [0.4, 0.5) is 0 Å². The highest BCUT2D eigenvalue weighted by Gasteiger charge is 2.09. The molecule has 15 heavy (non-hydrogen) atoms. The van der Waals surface area contributed by atoms with Gasteiger partial charge < -0.3 is 4.74 Å². The van der Waals surface area contributed by atoms with Crippen molar-refractivity contribution in [3.8, 4) is 6.07 Å². The molecule has 2 nitrogen and oxygen atoms in total. The monoisotopic (exact) mass is 245 g/mol. The number of hydrogen-bond acceptors (Lipinski definition) is 4. The standard InChI is InChI=1S/C11H19NOS2/c1-3-4-5-6-7-8-10(9-12)13-11(14)15-2/h10H,3-8H2,1-2H3. The molecule has 4 heteroatoms. The molecule has 1 unspecified atom stereocenters. The number of nitrogens with zero attached hydrogens (tertiary/aromatic N) is 1. The third-order valence-corrected chi connectivity index (χ3v) is 3.14. The third-order valence-electron chi connectivity index (χ3n) is 2.12. The number of ether oxygens (including phenoxy) is 1. The topological polar surface area (TPSA) is 33.0 Å². The fourth-order valence-electron chi connectivity index (χ4n) is 1.25. The molecule has 1 atom stereocenters. The van der Waals surface area contributed by atoms with Crippen LogP contribution >= 0.6 is 24.0 Å². The molecule has 0 aromatic carbocycles. The van der Waals surface area contributed by atoms with Gasteiger partial charge in [0, 0.05) is 0 Å². The first-order valence-electron chi connectivity index (χ1n) is 5.38. The second-order valence-electron chi connectivity index (χ2n) is 3.39.